The second-order valence-corrected chi connectivity index (χ2v) is 7.35. The Morgan fingerprint density at radius 3 is 2.50 bits per heavy atom. The van der Waals surface area contributed by atoms with Crippen LogP contribution in [0.1, 0.15) is 12.0 Å². The Bertz CT molecular complexity index is 760. The molecule has 0 saturated heterocycles. The molecule has 0 saturated carbocycles. The summed E-state index contributed by atoms with van der Waals surface area (Å²) in [6.45, 7) is 0.0971. The van der Waals surface area contributed by atoms with Crippen LogP contribution >= 0.6 is 31.6 Å². The van der Waals surface area contributed by atoms with Crippen LogP contribution in [0.5, 0.6) is 11.5 Å². The summed E-state index contributed by atoms with van der Waals surface area (Å²) >= 11 is 11.8. The summed E-state index contributed by atoms with van der Waals surface area (Å²) in [5.41, 5.74) is 0.968. The van der Waals surface area contributed by atoms with Crippen molar-refractivity contribution in [2.45, 2.75) is 12.8 Å². The number of carbonyl (C=O) groups is 1. The molecule has 3 N–H and O–H groups in total. The van der Waals surface area contributed by atoms with Crippen LogP contribution in [0.2, 0.25) is 10.0 Å². The maximum Gasteiger partial charge on any atom is 0.254 e. The molecular formula is C17H18Cl2NO5P. The lowest BCUT2D eigenvalue weighted by Crippen LogP contribution is -2.30. The molecule has 0 aromatic heterocycles. The Hall–Kier alpha value is -1.40. The molecule has 0 aliphatic heterocycles. The van der Waals surface area contributed by atoms with E-state index in [4.69, 9.17) is 37.7 Å². The van der Waals surface area contributed by atoms with Gasteiger partial charge >= 0.3 is 0 Å². The maximum absolute atomic E-state index is 11.4. The zero-order valence-electron chi connectivity index (χ0n) is 13.7. The average Bonchev–Trinajstić information content (AvgIpc) is 2.58. The van der Waals surface area contributed by atoms with Gasteiger partial charge in [-0.1, -0.05) is 35.3 Å². The summed E-state index contributed by atoms with van der Waals surface area (Å²) in [6, 6.07) is 12.4. The number of amides is 1. The van der Waals surface area contributed by atoms with Gasteiger partial charge in [-0.2, -0.15) is 0 Å². The van der Waals surface area contributed by atoms with Crippen molar-refractivity contribution in [3.63, 3.8) is 0 Å². The van der Waals surface area contributed by atoms with Crippen molar-refractivity contribution in [2.75, 3.05) is 12.7 Å². The number of hydrogen-bond donors (Lipinski definition) is 3. The first-order chi connectivity index (χ1) is 12.3. The highest BCUT2D eigenvalue weighted by molar-refractivity contribution is 7.46. The molecular weight excluding hydrogens is 400 g/mol. The fourth-order valence-electron chi connectivity index (χ4n) is 2.20. The molecule has 2 aromatic carbocycles. The minimum Gasteiger partial charge on any atom is -0.457 e. The summed E-state index contributed by atoms with van der Waals surface area (Å²) in [6.07, 6.45) is 0.641. The number of rotatable bonds is 8. The van der Waals surface area contributed by atoms with E-state index in [0.717, 1.165) is 5.56 Å². The molecule has 0 heterocycles. The zero-order chi connectivity index (χ0) is 19.1. The molecule has 0 radical (unpaired) electrons. The van der Waals surface area contributed by atoms with Crippen LogP contribution in [-0.2, 0) is 11.2 Å². The summed E-state index contributed by atoms with van der Waals surface area (Å²) in [5, 5.41) is 10.9. The van der Waals surface area contributed by atoms with E-state index in [1.165, 1.54) is 0 Å². The lowest BCUT2D eigenvalue weighted by atomic mass is 10.1. The monoisotopic (exact) mass is 417 g/mol. The first-order valence-corrected chi connectivity index (χ1v) is 9.90. The molecule has 0 unspecified atom stereocenters. The molecule has 2 aromatic rings. The van der Waals surface area contributed by atoms with Crippen molar-refractivity contribution in [3.8, 4) is 11.5 Å². The molecule has 1 amide bonds. The third-order valence-corrected chi connectivity index (χ3v) is 4.72. The molecule has 6 nitrogen and oxygen atoms in total. The van der Waals surface area contributed by atoms with Gasteiger partial charge in [0.05, 0.1) is 16.2 Å². The smallest absolute Gasteiger partial charge is 0.254 e. The molecule has 9 heteroatoms. The molecule has 0 bridgehead atoms. The van der Waals surface area contributed by atoms with Crippen molar-refractivity contribution in [1.29, 1.82) is 0 Å². The maximum atomic E-state index is 11.4. The van der Waals surface area contributed by atoms with E-state index in [1.807, 2.05) is 18.2 Å². The van der Waals surface area contributed by atoms with Gasteiger partial charge in [-0.25, -0.2) is 5.06 Å². The van der Waals surface area contributed by atoms with Crippen molar-refractivity contribution in [1.82, 2.24) is 5.06 Å². The zero-order valence-corrected chi connectivity index (χ0v) is 16.1. The van der Waals surface area contributed by atoms with Gasteiger partial charge in [0.1, 0.15) is 11.5 Å². The number of benzene rings is 2. The van der Waals surface area contributed by atoms with Gasteiger partial charge in [-0.3, -0.25) is 10.0 Å². The van der Waals surface area contributed by atoms with Gasteiger partial charge in [0.15, 0.2) is 8.38 Å². The van der Waals surface area contributed by atoms with Crippen molar-refractivity contribution >= 4 is 37.5 Å². The second-order valence-electron chi connectivity index (χ2n) is 5.48. The topological polar surface area (TPSA) is 90.2 Å². The highest BCUT2D eigenvalue weighted by Crippen LogP contribution is 2.29. The van der Waals surface area contributed by atoms with Crippen molar-refractivity contribution in [2.24, 2.45) is 0 Å². The van der Waals surface area contributed by atoms with Gasteiger partial charge < -0.3 is 14.5 Å². The predicted molar refractivity (Wildman–Crippen MR) is 101 cm³/mol. The molecule has 26 heavy (non-hydrogen) atoms. The Kier molecular flexibility index (Phi) is 8.10. The van der Waals surface area contributed by atoms with Gasteiger partial charge in [0.2, 0.25) is 0 Å². The highest BCUT2D eigenvalue weighted by Gasteiger charge is 2.14. The van der Waals surface area contributed by atoms with Gasteiger partial charge in [0.25, 0.3) is 5.91 Å². The Morgan fingerprint density at radius 1 is 1.08 bits per heavy atom. The largest absolute Gasteiger partial charge is 0.457 e. The third-order valence-electron chi connectivity index (χ3n) is 3.43. The quantitative estimate of drug-likeness (QED) is 0.339. The normalized spacial score (nSPS) is 10.8. The van der Waals surface area contributed by atoms with Gasteiger partial charge in [0, 0.05) is 12.6 Å². The van der Waals surface area contributed by atoms with Crippen LogP contribution in [-0.4, -0.2) is 38.7 Å². The van der Waals surface area contributed by atoms with E-state index in [9.17, 15) is 10.0 Å². The average molecular weight is 418 g/mol. The van der Waals surface area contributed by atoms with E-state index < -0.39 is 20.4 Å². The molecule has 2 rings (SSSR count). The summed E-state index contributed by atoms with van der Waals surface area (Å²) in [4.78, 5) is 29.0. The fourth-order valence-corrected chi connectivity index (χ4v) is 2.89. The standard InChI is InChI=1S/C17H18Cl2NO5P/c18-15-7-6-14(10-16(15)19)25-13-5-1-3-12(9-13)4-2-8-20(22)17(21)11-26(23)24/h1,3,5-7,9-10,22-24H,2,4,8,11H2. The summed E-state index contributed by atoms with van der Waals surface area (Å²) < 4.78 is 5.75. The Morgan fingerprint density at radius 2 is 1.81 bits per heavy atom. The highest BCUT2D eigenvalue weighted by atomic mass is 35.5. The number of halogens is 2. The number of hydrogen-bond acceptors (Lipinski definition) is 5. The third kappa shape index (κ3) is 6.72. The lowest BCUT2D eigenvalue weighted by molar-refractivity contribution is -0.162. The SMILES string of the molecule is O=C(CP(O)O)N(O)CCCc1cccc(Oc2ccc(Cl)c(Cl)c2)c1. The Balaban J connectivity index is 1.88. The van der Waals surface area contributed by atoms with Gasteiger partial charge in [-0.05, 0) is 42.7 Å². The predicted octanol–water partition coefficient (Wildman–Crippen LogP) is 4.23. The first-order valence-electron chi connectivity index (χ1n) is 7.71. The second kappa shape index (κ2) is 10.1. The molecule has 140 valence electrons. The number of hydroxylamine groups is 2. The van der Waals surface area contributed by atoms with E-state index in [1.54, 1.807) is 24.3 Å². The summed E-state index contributed by atoms with van der Waals surface area (Å²) in [5.74, 6) is 0.482. The van der Waals surface area contributed by atoms with E-state index in [2.05, 4.69) is 0 Å². The number of aryl methyl sites for hydroxylation is 1. The molecule has 0 spiro atoms. The van der Waals surface area contributed by atoms with Crippen LogP contribution in [0, 0.1) is 0 Å². The van der Waals surface area contributed by atoms with Crippen molar-refractivity contribution in [3.05, 3.63) is 58.1 Å². The Labute approximate surface area is 162 Å². The van der Waals surface area contributed by atoms with Crippen LogP contribution in [0.3, 0.4) is 0 Å². The van der Waals surface area contributed by atoms with E-state index in [-0.39, 0.29) is 6.54 Å². The fraction of sp³-hybridized carbons (Fsp3) is 0.235. The molecule has 0 aliphatic carbocycles. The van der Waals surface area contributed by atoms with Crippen LogP contribution in [0.4, 0.5) is 0 Å². The molecule has 0 atom stereocenters. The number of ether oxygens (including phenoxy) is 1. The van der Waals surface area contributed by atoms with Crippen LogP contribution in [0.25, 0.3) is 0 Å². The first kappa shape index (κ1) is 20.9. The number of nitrogens with zero attached hydrogens (tertiary/aromatic N) is 1. The summed E-state index contributed by atoms with van der Waals surface area (Å²) in [7, 11) is -2.35. The minimum atomic E-state index is -2.35. The lowest BCUT2D eigenvalue weighted by Gasteiger charge is -2.15. The van der Waals surface area contributed by atoms with E-state index in [0.29, 0.717) is 39.4 Å². The molecule has 0 aliphatic rings. The van der Waals surface area contributed by atoms with Crippen LogP contribution in [0.15, 0.2) is 42.5 Å². The number of carbonyl (C=O) groups excluding carboxylic acids is 1. The van der Waals surface area contributed by atoms with Crippen LogP contribution < -0.4 is 4.74 Å². The van der Waals surface area contributed by atoms with Gasteiger partial charge in [-0.15, -0.1) is 0 Å². The van der Waals surface area contributed by atoms with Crippen molar-refractivity contribution < 1.29 is 24.5 Å². The molecule has 0 fully saturated rings. The minimum absolute atomic E-state index is 0.0971. The van der Waals surface area contributed by atoms with E-state index >= 15 is 0 Å².